The number of fused-ring (bicyclic) bond motifs is 1. The molecule has 0 unspecified atom stereocenters. The predicted octanol–water partition coefficient (Wildman–Crippen LogP) is 2.98. The first-order valence-corrected chi connectivity index (χ1v) is 7.66. The minimum absolute atomic E-state index is 0.0392. The first kappa shape index (κ1) is 14.7. The zero-order valence-electron chi connectivity index (χ0n) is 11.9. The summed E-state index contributed by atoms with van der Waals surface area (Å²) in [5.41, 5.74) is 1.56. The van der Waals surface area contributed by atoms with Gasteiger partial charge in [0.05, 0.1) is 5.56 Å². The van der Waals surface area contributed by atoms with Crippen molar-refractivity contribution in [1.82, 2.24) is 4.90 Å². The lowest BCUT2D eigenvalue weighted by Crippen LogP contribution is -2.33. The highest BCUT2D eigenvalue weighted by molar-refractivity contribution is 7.15. The highest BCUT2D eigenvalue weighted by Gasteiger charge is 2.21. The summed E-state index contributed by atoms with van der Waals surface area (Å²) in [4.78, 5) is 26.1. The molecule has 2 aromatic rings. The second-order valence-electron chi connectivity index (χ2n) is 5.26. The summed E-state index contributed by atoms with van der Waals surface area (Å²) in [5.74, 6) is -1.39. The lowest BCUT2D eigenvalue weighted by Gasteiger charge is -2.25. The van der Waals surface area contributed by atoms with E-state index in [0.717, 1.165) is 16.9 Å². The molecule has 4 nitrogen and oxygen atoms in total. The summed E-state index contributed by atoms with van der Waals surface area (Å²) in [6, 6.07) is 4.63. The quantitative estimate of drug-likeness (QED) is 0.866. The fraction of sp³-hybridized carbons (Fsp3) is 0.250. The zero-order valence-corrected chi connectivity index (χ0v) is 12.7. The van der Waals surface area contributed by atoms with Gasteiger partial charge in [-0.05, 0) is 35.7 Å². The average Bonchev–Trinajstić information content (AvgIpc) is 2.92. The third-order valence-electron chi connectivity index (χ3n) is 3.82. The van der Waals surface area contributed by atoms with Crippen molar-refractivity contribution in [3.8, 4) is 16.2 Å². The van der Waals surface area contributed by atoms with E-state index in [1.807, 2.05) is 6.07 Å². The Hall–Kier alpha value is -2.21. The van der Waals surface area contributed by atoms with Gasteiger partial charge in [-0.2, -0.15) is 0 Å². The largest absolute Gasteiger partial charge is 0.504 e. The molecule has 1 aliphatic rings. The van der Waals surface area contributed by atoms with Crippen LogP contribution in [0.4, 0.5) is 4.39 Å². The Morgan fingerprint density at radius 3 is 2.86 bits per heavy atom. The number of aldehydes is 1. The molecule has 0 radical (unpaired) electrons. The molecule has 1 aliphatic heterocycles. The van der Waals surface area contributed by atoms with E-state index < -0.39 is 11.6 Å². The topological polar surface area (TPSA) is 57.6 Å². The van der Waals surface area contributed by atoms with E-state index in [1.54, 1.807) is 11.8 Å². The standard InChI is InChI=1S/C16H14FNO3S/c1-9(20)18-3-2-14-11(7-18)6-15(22-14)10-4-12(8-19)16(21)13(17)5-10/h4-6,8,21H,2-3,7H2,1H3. The van der Waals surface area contributed by atoms with E-state index in [4.69, 9.17) is 0 Å². The fourth-order valence-corrected chi connectivity index (χ4v) is 3.75. The number of amides is 1. The van der Waals surface area contributed by atoms with Crippen LogP contribution < -0.4 is 0 Å². The van der Waals surface area contributed by atoms with E-state index in [2.05, 4.69) is 0 Å². The van der Waals surface area contributed by atoms with E-state index >= 15 is 0 Å². The van der Waals surface area contributed by atoms with Crippen LogP contribution >= 0.6 is 11.3 Å². The molecule has 0 fully saturated rings. The van der Waals surface area contributed by atoms with Gasteiger partial charge < -0.3 is 10.0 Å². The molecule has 1 aromatic carbocycles. The number of rotatable bonds is 2. The summed E-state index contributed by atoms with van der Waals surface area (Å²) in [6.45, 7) is 2.79. The van der Waals surface area contributed by atoms with Gasteiger partial charge in [-0.1, -0.05) is 0 Å². The molecule has 6 heteroatoms. The van der Waals surface area contributed by atoms with Crippen LogP contribution in [0.25, 0.3) is 10.4 Å². The first-order valence-electron chi connectivity index (χ1n) is 6.84. The number of phenols is 1. The van der Waals surface area contributed by atoms with Gasteiger partial charge >= 0.3 is 0 Å². The fourth-order valence-electron chi connectivity index (χ4n) is 2.60. The van der Waals surface area contributed by atoms with Crippen molar-refractivity contribution in [2.45, 2.75) is 19.9 Å². The number of hydrogen-bond acceptors (Lipinski definition) is 4. The third-order valence-corrected chi connectivity index (χ3v) is 5.10. The van der Waals surface area contributed by atoms with Gasteiger partial charge in [0.2, 0.25) is 5.91 Å². The van der Waals surface area contributed by atoms with Crippen LogP contribution in [0.1, 0.15) is 27.7 Å². The molecule has 0 saturated heterocycles. The number of carbonyl (C=O) groups is 2. The van der Waals surface area contributed by atoms with Gasteiger partial charge in [-0.15, -0.1) is 11.3 Å². The molecule has 22 heavy (non-hydrogen) atoms. The van der Waals surface area contributed by atoms with Gasteiger partial charge in [0.1, 0.15) is 0 Å². The summed E-state index contributed by atoms with van der Waals surface area (Å²) in [6.07, 6.45) is 1.22. The summed E-state index contributed by atoms with van der Waals surface area (Å²) >= 11 is 1.53. The van der Waals surface area contributed by atoms with Crippen LogP contribution in [-0.4, -0.2) is 28.7 Å². The molecule has 1 N–H and O–H groups in total. The number of nitrogens with zero attached hydrogens (tertiary/aromatic N) is 1. The normalized spacial score (nSPS) is 13.8. The summed E-state index contributed by atoms with van der Waals surface area (Å²) in [7, 11) is 0. The molecule has 2 heterocycles. The number of benzene rings is 1. The van der Waals surface area contributed by atoms with E-state index in [9.17, 15) is 19.1 Å². The highest BCUT2D eigenvalue weighted by Crippen LogP contribution is 2.37. The van der Waals surface area contributed by atoms with Crippen LogP contribution in [0.5, 0.6) is 5.75 Å². The third kappa shape index (κ3) is 2.50. The van der Waals surface area contributed by atoms with Gasteiger partial charge in [0.25, 0.3) is 0 Å². The number of thiophene rings is 1. The van der Waals surface area contributed by atoms with Crippen molar-refractivity contribution in [3.05, 3.63) is 40.0 Å². The Bertz CT molecular complexity index is 769. The molecular formula is C16H14FNO3S. The lowest BCUT2D eigenvalue weighted by molar-refractivity contribution is -0.129. The van der Waals surface area contributed by atoms with Crippen LogP contribution in [-0.2, 0) is 17.8 Å². The molecule has 0 aliphatic carbocycles. The number of halogens is 1. The zero-order chi connectivity index (χ0) is 15.9. The van der Waals surface area contributed by atoms with Crippen molar-refractivity contribution in [2.24, 2.45) is 0 Å². The van der Waals surface area contributed by atoms with Crippen molar-refractivity contribution in [1.29, 1.82) is 0 Å². The second-order valence-corrected chi connectivity index (χ2v) is 6.40. The van der Waals surface area contributed by atoms with Crippen molar-refractivity contribution in [2.75, 3.05) is 6.54 Å². The summed E-state index contributed by atoms with van der Waals surface area (Å²) < 4.78 is 13.7. The maximum absolute atomic E-state index is 13.7. The molecule has 0 atom stereocenters. The molecule has 1 aromatic heterocycles. The smallest absolute Gasteiger partial charge is 0.219 e. The van der Waals surface area contributed by atoms with Crippen molar-refractivity contribution >= 4 is 23.5 Å². The monoisotopic (exact) mass is 319 g/mol. The van der Waals surface area contributed by atoms with E-state index in [1.165, 1.54) is 28.3 Å². The van der Waals surface area contributed by atoms with Gasteiger partial charge in [0.15, 0.2) is 17.9 Å². The Labute approximate surface area is 130 Å². The van der Waals surface area contributed by atoms with Crippen molar-refractivity contribution < 1.29 is 19.1 Å². The number of aromatic hydroxyl groups is 1. The van der Waals surface area contributed by atoms with Gasteiger partial charge in [0, 0.05) is 29.8 Å². The Kier molecular flexibility index (Phi) is 3.70. The molecule has 3 rings (SSSR count). The van der Waals surface area contributed by atoms with Gasteiger partial charge in [-0.3, -0.25) is 9.59 Å². The molecule has 0 saturated carbocycles. The number of phenolic OH excluding ortho intramolecular Hbond substituents is 1. The Morgan fingerprint density at radius 1 is 1.41 bits per heavy atom. The van der Waals surface area contributed by atoms with E-state index in [-0.39, 0.29) is 11.5 Å². The minimum Gasteiger partial charge on any atom is -0.504 e. The van der Waals surface area contributed by atoms with Crippen LogP contribution in [0, 0.1) is 5.82 Å². The Balaban J connectivity index is 2.00. The molecule has 0 spiro atoms. The minimum atomic E-state index is -0.809. The summed E-state index contributed by atoms with van der Waals surface area (Å²) in [5, 5.41) is 9.48. The Morgan fingerprint density at radius 2 is 2.18 bits per heavy atom. The van der Waals surface area contributed by atoms with Crippen molar-refractivity contribution in [3.63, 3.8) is 0 Å². The first-order chi connectivity index (χ1) is 10.5. The molecule has 114 valence electrons. The highest BCUT2D eigenvalue weighted by atomic mass is 32.1. The molecule has 0 bridgehead atoms. The lowest BCUT2D eigenvalue weighted by atomic mass is 10.1. The maximum atomic E-state index is 13.7. The average molecular weight is 319 g/mol. The van der Waals surface area contributed by atoms with Crippen LogP contribution in [0.2, 0.25) is 0 Å². The molecule has 1 amide bonds. The van der Waals surface area contributed by atoms with Crippen LogP contribution in [0.15, 0.2) is 18.2 Å². The van der Waals surface area contributed by atoms with Gasteiger partial charge in [-0.25, -0.2) is 4.39 Å². The second kappa shape index (κ2) is 5.53. The molecular weight excluding hydrogens is 305 g/mol. The van der Waals surface area contributed by atoms with Crippen LogP contribution in [0.3, 0.4) is 0 Å². The number of hydrogen-bond donors (Lipinski definition) is 1. The van der Waals surface area contributed by atoms with E-state index in [0.29, 0.717) is 24.9 Å². The predicted molar refractivity (Wildman–Crippen MR) is 81.6 cm³/mol. The maximum Gasteiger partial charge on any atom is 0.219 e. The SMILES string of the molecule is CC(=O)N1CCc2sc(-c3cc(F)c(O)c(C=O)c3)cc2C1. The number of carbonyl (C=O) groups excluding carboxylic acids is 2.